The molecule has 0 aliphatic rings. The predicted molar refractivity (Wildman–Crippen MR) is 109 cm³/mol. The molecule has 4 aromatic rings. The van der Waals surface area contributed by atoms with E-state index in [1.54, 1.807) is 24.4 Å². The zero-order valence-corrected chi connectivity index (χ0v) is 15.8. The predicted octanol–water partition coefficient (Wildman–Crippen LogP) is 5.27. The number of hydrogen-bond acceptors (Lipinski definition) is 5. The van der Waals surface area contributed by atoms with Crippen LogP contribution in [0.2, 0.25) is 5.02 Å². The lowest BCUT2D eigenvalue weighted by atomic mass is 10.1. The first-order chi connectivity index (χ1) is 13.1. The summed E-state index contributed by atoms with van der Waals surface area (Å²) in [5, 5.41) is 3.80. The van der Waals surface area contributed by atoms with Gasteiger partial charge in [0.1, 0.15) is 5.75 Å². The SMILES string of the molecule is COc1ccc(Cl)cc1C(=O)Nc1nc2ccc(-c3cccnc3)cc2s1. The molecule has 134 valence electrons. The molecule has 4 rings (SSSR count). The zero-order valence-electron chi connectivity index (χ0n) is 14.3. The van der Waals surface area contributed by atoms with E-state index in [0.717, 1.165) is 21.3 Å². The van der Waals surface area contributed by atoms with Crippen LogP contribution in [0.3, 0.4) is 0 Å². The number of thiazole rings is 1. The van der Waals surface area contributed by atoms with Gasteiger partial charge in [-0.15, -0.1) is 0 Å². The highest BCUT2D eigenvalue weighted by molar-refractivity contribution is 7.22. The number of carbonyl (C=O) groups is 1. The maximum atomic E-state index is 12.6. The van der Waals surface area contributed by atoms with E-state index < -0.39 is 0 Å². The van der Waals surface area contributed by atoms with Crippen molar-refractivity contribution < 1.29 is 9.53 Å². The number of fused-ring (bicyclic) bond motifs is 1. The van der Waals surface area contributed by atoms with E-state index >= 15 is 0 Å². The molecule has 0 atom stereocenters. The minimum Gasteiger partial charge on any atom is -0.496 e. The molecule has 1 N–H and O–H groups in total. The monoisotopic (exact) mass is 395 g/mol. The Bertz CT molecular complexity index is 1130. The van der Waals surface area contributed by atoms with Crippen molar-refractivity contribution in [3.05, 3.63) is 71.5 Å². The van der Waals surface area contributed by atoms with Gasteiger partial charge in [0.2, 0.25) is 0 Å². The van der Waals surface area contributed by atoms with Crippen LogP contribution in [0.25, 0.3) is 21.3 Å². The molecule has 0 unspecified atom stereocenters. The molecular weight excluding hydrogens is 382 g/mol. The third kappa shape index (κ3) is 3.63. The summed E-state index contributed by atoms with van der Waals surface area (Å²) in [6, 6.07) is 14.8. The Morgan fingerprint density at radius 3 is 2.81 bits per heavy atom. The molecule has 0 aliphatic heterocycles. The highest BCUT2D eigenvalue weighted by Gasteiger charge is 2.15. The first-order valence-electron chi connectivity index (χ1n) is 8.10. The van der Waals surface area contributed by atoms with E-state index in [-0.39, 0.29) is 5.91 Å². The Balaban J connectivity index is 1.63. The molecule has 0 saturated heterocycles. The van der Waals surface area contributed by atoms with E-state index in [2.05, 4.69) is 15.3 Å². The molecule has 0 radical (unpaired) electrons. The van der Waals surface area contributed by atoms with Gasteiger partial charge in [0.25, 0.3) is 5.91 Å². The van der Waals surface area contributed by atoms with E-state index in [1.807, 2.05) is 36.5 Å². The average molecular weight is 396 g/mol. The van der Waals surface area contributed by atoms with E-state index in [4.69, 9.17) is 16.3 Å². The molecule has 0 fully saturated rings. The van der Waals surface area contributed by atoms with Crippen LogP contribution in [0.1, 0.15) is 10.4 Å². The molecule has 1 amide bonds. The molecule has 0 bridgehead atoms. The highest BCUT2D eigenvalue weighted by Crippen LogP contribution is 2.31. The molecule has 0 saturated carbocycles. The first-order valence-corrected chi connectivity index (χ1v) is 9.29. The average Bonchev–Trinajstić information content (AvgIpc) is 3.10. The van der Waals surface area contributed by atoms with Crippen molar-refractivity contribution in [1.82, 2.24) is 9.97 Å². The number of ether oxygens (including phenoxy) is 1. The molecule has 0 spiro atoms. The van der Waals surface area contributed by atoms with Crippen LogP contribution in [0, 0.1) is 0 Å². The van der Waals surface area contributed by atoms with Crippen LogP contribution >= 0.6 is 22.9 Å². The maximum Gasteiger partial charge on any atom is 0.261 e. The maximum absolute atomic E-state index is 12.6. The van der Waals surface area contributed by atoms with Crippen molar-refractivity contribution in [2.75, 3.05) is 12.4 Å². The largest absolute Gasteiger partial charge is 0.496 e. The van der Waals surface area contributed by atoms with Gasteiger partial charge in [0.05, 0.1) is 22.9 Å². The third-order valence-corrected chi connectivity index (χ3v) is 5.18. The van der Waals surface area contributed by atoms with Crippen molar-refractivity contribution in [3.63, 3.8) is 0 Å². The Hall–Kier alpha value is -2.96. The van der Waals surface area contributed by atoms with Crippen LogP contribution in [0.5, 0.6) is 5.75 Å². The van der Waals surface area contributed by atoms with Crippen LogP contribution in [-0.4, -0.2) is 23.0 Å². The summed E-state index contributed by atoms with van der Waals surface area (Å²) in [5.74, 6) is 0.137. The van der Waals surface area contributed by atoms with Gasteiger partial charge in [0, 0.05) is 23.0 Å². The lowest BCUT2D eigenvalue weighted by Gasteiger charge is -2.08. The normalized spacial score (nSPS) is 10.7. The van der Waals surface area contributed by atoms with Crippen molar-refractivity contribution in [2.24, 2.45) is 0 Å². The second kappa shape index (κ2) is 7.34. The summed E-state index contributed by atoms with van der Waals surface area (Å²) in [4.78, 5) is 21.3. The molecule has 7 heteroatoms. The number of hydrogen-bond donors (Lipinski definition) is 1. The smallest absolute Gasteiger partial charge is 0.261 e. The lowest BCUT2D eigenvalue weighted by molar-refractivity contribution is 0.102. The fourth-order valence-corrected chi connectivity index (χ4v) is 3.79. The topological polar surface area (TPSA) is 64.1 Å². The number of benzene rings is 2. The fraction of sp³-hybridized carbons (Fsp3) is 0.0500. The van der Waals surface area contributed by atoms with Gasteiger partial charge in [0.15, 0.2) is 5.13 Å². The lowest BCUT2D eigenvalue weighted by Crippen LogP contribution is -2.13. The number of carbonyl (C=O) groups excluding carboxylic acids is 1. The standard InChI is InChI=1S/C20H14ClN3O2S/c1-26-17-7-5-14(21)10-15(17)19(25)24-20-23-16-6-4-12(9-18(16)27-20)13-3-2-8-22-11-13/h2-11H,1H3,(H,23,24,25). The number of nitrogens with zero attached hydrogens (tertiary/aromatic N) is 2. The van der Waals surface area contributed by atoms with Gasteiger partial charge in [-0.3, -0.25) is 15.1 Å². The van der Waals surface area contributed by atoms with Crippen molar-refractivity contribution in [2.45, 2.75) is 0 Å². The minimum absolute atomic E-state index is 0.319. The number of pyridine rings is 1. The second-order valence-corrected chi connectivity index (χ2v) is 7.21. The summed E-state index contributed by atoms with van der Waals surface area (Å²) in [7, 11) is 1.51. The molecule has 2 aromatic carbocycles. The van der Waals surface area contributed by atoms with Crippen LogP contribution < -0.4 is 10.1 Å². The molecule has 5 nitrogen and oxygen atoms in total. The fourth-order valence-electron chi connectivity index (χ4n) is 2.71. The van der Waals surface area contributed by atoms with Gasteiger partial charge in [-0.1, -0.05) is 35.1 Å². The second-order valence-electron chi connectivity index (χ2n) is 5.74. The summed E-state index contributed by atoms with van der Waals surface area (Å²) in [6.45, 7) is 0. The van der Waals surface area contributed by atoms with Crippen molar-refractivity contribution in [3.8, 4) is 16.9 Å². The number of anilines is 1. The summed E-state index contributed by atoms with van der Waals surface area (Å²) >= 11 is 7.42. The van der Waals surface area contributed by atoms with E-state index in [1.165, 1.54) is 18.4 Å². The van der Waals surface area contributed by atoms with Gasteiger partial charge in [-0.25, -0.2) is 4.98 Å². The van der Waals surface area contributed by atoms with Gasteiger partial charge < -0.3 is 4.74 Å². The van der Waals surface area contributed by atoms with Crippen molar-refractivity contribution >= 4 is 44.2 Å². The van der Waals surface area contributed by atoms with Gasteiger partial charge in [-0.2, -0.15) is 0 Å². The number of nitrogens with one attached hydrogen (secondary N) is 1. The number of aromatic nitrogens is 2. The first kappa shape index (κ1) is 17.5. The van der Waals surface area contributed by atoms with E-state index in [0.29, 0.717) is 21.5 Å². The molecular formula is C20H14ClN3O2S. The Kier molecular flexibility index (Phi) is 4.75. The number of amides is 1. The number of rotatable bonds is 4. The highest BCUT2D eigenvalue weighted by atomic mass is 35.5. The Morgan fingerprint density at radius 2 is 2.04 bits per heavy atom. The van der Waals surface area contributed by atoms with E-state index in [9.17, 15) is 4.79 Å². The Morgan fingerprint density at radius 1 is 1.15 bits per heavy atom. The van der Waals surface area contributed by atoms with Crippen LogP contribution in [-0.2, 0) is 0 Å². The zero-order chi connectivity index (χ0) is 18.8. The summed E-state index contributed by atoms with van der Waals surface area (Å²) in [6.07, 6.45) is 3.56. The number of halogens is 1. The molecule has 2 aromatic heterocycles. The van der Waals surface area contributed by atoms with Crippen LogP contribution in [0.15, 0.2) is 60.9 Å². The third-order valence-electron chi connectivity index (χ3n) is 4.01. The molecule has 2 heterocycles. The number of methoxy groups -OCH3 is 1. The summed E-state index contributed by atoms with van der Waals surface area (Å²) in [5.41, 5.74) is 3.26. The quantitative estimate of drug-likeness (QED) is 0.511. The summed E-state index contributed by atoms with van der Waals surface area (Å²) < 4.78 is 6.22. The Labute approximate surface area is 164 Å². The minimum atomic E-state index is -0.319. The van der Waals surface area contributed by atoms with Crippen molar-refractivity contribution in [1.29, 1.82) is 0 Å². The molecule has 0 aliphatic carbocycles. The van der Waals surface area contributed by atoms with Gasteiger partial charge in [-0.05, 0) is 42.0 Å². The van der Waals surface area contributed by atoms with Crippen LogP contribution in [0.4, 0.5) is 5.13 Å². The van der Waals surface area contributed by atoms with Gasteiger partial charge >= 0.3 is 0 Å². The molecule has 27 heavy (non-hydrogen) atoms.